The third-order valence-electron chi connectivity index (χ3n) is 3.60. The largest absolute Gasteiger partial charge is 0.358 e. The Bertz CT molecular complexity index is 819. The first kappa shape index (κ1) is 14.8. The van der Waals surface area contributed by atoms with Crippen LogP contribution in [0, 0.1) is 6.92 Å². The highest BCUT2D eigenvalue weighted by atomic mass is 32.2. The first-order chi connectivity index (χ1) is 10.6. The van der Waals surface area contributed by atoms with Crippen molar-refractivity contribution in [1.82, 2.24) is 19.7 Å². The molecule has 1 aromatic carbocycles. The third-order valence-corrected chi connectivity index (χ3v) is 4.56. The molecule has 0 aliphatic carbocycles. The molecule has 3 rings (SSSR count). The standard InChI is InChI=1S/C16H18N4OS/c1-10(2)20-9-17-19-16(20)22-8-14(21)15-11(3)18-13-7-5-4-6-12(13)15/h4-7,9-10,18H,8H2,1-3H3. The number of carbonyl (C=O) groups is 1. The molecule has 0 atom stereocenters. The van der Waals surface area contributed by atoms with Gasteiger partial charge in [-0.2, -0.15) is 0 Å². The Morgan fingerprint density at radius 2 is 2.14 bits per heavy atom. The summed E-state index contributed by atoms with van der Waals surface area (Å²) in [5, 5.41) is 9.78. The van der Waals surface area contributed by atoms with Gasteiger partial charge in [0.2, 0.25) is 0 Å². The molecule has 0 radical (unpaired) electrons. The number of benzene rings is 1. The zero-order valence-corrected chi connectivity index (χ0v) is 13.6. The maximum Gasteiger partial charge on any atom is 0.191 e. The summed E-state index contributed by atoms with van der Waals surface area (Å²) < 4.78 is 1.97. The zero-order chi connectivity index (χ0) is 15.7. The summed E-state index contributed by atoms with van der Waals surface area (Å²) in [5.41, 5.74) is 2.69. The minimum Gasteiger partial charge on any atom is -0.358 e. The lowest BCUT2D eigenvalue weighted by Gasteiger charge is -2.09. The van der Waals surface area contributed by atoms with Gasteiger partial charge in [-0.1, -0.05) is 30.0 Å². The van der Waals surface area contributed by atoms with Crippen molar-refractivity contribution in [3.8, 4) is 0 Å². The second-order valence-electron chi connectivity index (χ2n) is 5.50. The maximum absolute atomic E-state index is 12.6. The second-order valence-corrected chi connectivity index (χ2v) is 6.44. The summed E-state index contributed by atoms with van der Waals surface area (Å²) in [7, 11) is 0. The van der Waals surface area contributed by atoms with Gasteiger partial charge in [-0.3, -0.25) is 4.79 Å². The summed E-state index contributed by atoms with van der Waals surface area (Å²) in [6, 6.07) is 8.17. The molecule has 0 bridgehead atoms. The van der Waals surface area contributed by atoms with E-state index in [4.69, 9.17) is 0 Å². The van der Waals surface area contributed by atoms with E-state index in [0.717, 1.165) is 27.3 Å². The molecule has 0 spiro atoms. The molecule has 6 heteroatoms. The predicted molar refractivity (Wildman–Crippen MR) is 88.5 cm³/mol. The second kappa shape index (κ2) is 5.96. The average molecular weight is 314 g/mol. The molecule has 22 heavy (non-hydrogen) atoms. The number of aromatic amines is 1. The number of ketones is 1. The Morgan fingerprint density at radius 3 is 2.91 bits per heavy atom. The van der Waals surface area contributed by atoms with Gasteiger partial charge in [-0.25, -0.2) is 0 Å². The molecule has 5 nitrogen and oxygen atoms in total. The van der Waals surface area contributed by atoms with Gasteiger partial charge in [0.05, 0.1) is 5.75 Å². The van der Waals surface area contributed by atoms with Gasteiger partial charge >= 0.3 is 0 Å². The van der Waals surface area contributed by atoms with E-state index in [1.165, 1.54) is 11.8 Å². The Balaban J connectivity index is 1.82. The van der Waals surface area contributed by atoms with Crippen molar-refractivity contribution in [3.05, 3.63) is 41.9 Å². The van der Waals surface area contributed by atoms with Crippen LogP contribution in [0.3, 0.4) is 0 Å². The predicted octanol–water partition coefficient (Wildman–Crippen LogP) is 3.62. The first-order valence-corrected chi connectivity index (χ1v) is 8.19. The Morgan fingerprint density at radius 1 is 1.36 bits per heavy atom. The number of Topliss-reactive ketones (excluding diaryl/α,β-unsaturated/α-hetero) is 1. The third kappa shape index (κ3) is 2.66. The lowest BCUT2D eigenvalue weighted by molar-refractivity contribution is 0.102. The van der Waals surface area contributed by atoms with Crippen molar-refractivity contribution in [1.29, 1.82) is 0 Å². The van der Waals surface area contributed by atoms with Gasteiger partial charge in [0.1, 0.15) is 6.33 Å². The smallest absolute Gasteiger partial charge is 0.191 e. The van der Waals surface area contributed by atoms with Gasteiger partial charge in [-0.15, -0.1) is 10.2 Å². The summed E-state index contributed by atoms with van der Waals surface area (Å²) in [5.74, 6) is 0.465. The topological polar surface area (TPSA) is 63.6 Å². The molecular weight excluding hydrogens is 296 g/mol. The van der Waals surface area contributed by atoms with Gasteiger partial charge in [0.25, 0.3) is 0 Å². The van der Waals surface area contributed by atoms with Crippen molar-refractivity contribution in [2.45, 2.75) is 32.0 Å². The highest BCUT2D eigenvalue weighted by molar-refractivity contribution is 7.99. The SMILES string of the molecule is Cc1[nH]c2ccccc2c1C(=O)CSc1nncn1C(C)C. The number of rotatable bonds is 5. The summed E-state index contributed by atoms with van der Waals surface area (Å²) in [6.45, 7) is 6.08. The molecule has 0 aliphatic rings. The lowest BCUT2D eigenvalue weighted by Crippen LogP contribution is -2.06. The van der Waals surface area contributed by atoms with Gasteiger partial charge in [0.15, 0.2) is 10.9 Å². The molecule has 0 fully saturated rings. The number of carbonyl (C=O) groups excluding carboxylic acids is 1. The minimum atomic E-state index is 0.109. The van der Waals surface area contributed by atoms with E-state index >= 15 is 0 Å². The molecule has 2 heterocycles. The van der Waals surface area contributed by atoms with E-state index in [-0.39, 0.29) is 11.8 Å². The van der Waals surface area contributed by atoms with E-state index in [2.05, 4.69) is 29.0 Å². The Labute approximate surface area is 133 Å². The van der Waals surface area contributed by atoms with Crippen LogP contribution >= 0.6 is 11.8 Å². The fourth-order valence-corrected chi connectivity index (χ4v) is 3.44. The van der Waals surface area contributed by atoms with Crippen LogP contribution in [0.4, 0.5) is 0 Å². The molecule has 2 aromatic heterocycles. The summed E-state index contributed by atoms with van der Waals surface area (Å²) in [4.78, 5) is 15.9. The number of hydrogen-bond donors (Lipinski definition) is 1. The highest BCUT2D eigenvalue weighted by Gasteiger charge is 2.17. The number of para-hydroxylation sites is 1. The molecular formula is C16H18N4OS. The number of nitrogens with one attached hydrogen (secondary N) is 1. The van der Waals surface area contributed by atoms with Crippen molar-refractivity contribution in [2.24, 2.45) is 0 Å². The van der Waals surface area contributed by atoms with E-state index < -0.39 is 0 Å². The fourth-order valence-electron chi connectivity index (χ4n) is 2.53. The summed E-state index contributed by atoms with van der Waals surface area (Å²) >= 11 is 1.43. The number of nitrogens with zero attached hydrogens (tertiary/aromatic N) is 3. The quantitative estimate of drug-likeness (QED) is 0.577. The highest BCUT2D eigenvalue weighted by Crippen LogP contribution is 2.25. The minimum absolute atomic E-state index is 0.109. The number of thioether (sulfide) groups is 1. The van der Waals surface area contributed by atoms with Crippen LogP contribution in [0.1, 0.15) is 35.9 Å². The zero-order valence-electron chi connectivity index (χ0n) is 12.8. The van der Waals surface area contributed by atoms with Gasteiger partial charge in [-0.05, 0) is 26.8 Å². The molecule has 0 saturated heterocycles. The van der Waals surface area contributed by atoms with E-state index in [0.29, 0.717) is 5.75 Å². The number of hydrogen-bond acceptors (Lipinski definition) is 4. The Kier molecular flexibility index (Phi) is 4.02. The van der Waals surface area contributed by atoms with Crippen LogP contribution in [-0.2, 0) is 0 Å². The van der Waals surface area contributed by atoms with Crippen molar-refractivity contribution < 1.29 is 4.79 Å². The van der Waals surface area contributed by atoms with Gasteiger partial charge < -0.3 is 9.55 Å². The van der Waals surface area contributed by atoms with Crippen LogP contribution in [0.25, 0.3) is 10.9 Å². The van der Waals surface area contributed by atoms with Crippen molar-refractivity contribution in [2.75, 3.05) is 5.75 Å². The number of aromatic nitrogens is 4. The molecule has 0 amide bonds. The van der Waals surface area contributed by atoms with Crippen LogP contribution in [0.2, 0.25) is 0 Å². The van der Waals surface area contributed by atoms with Crippen molar-refractivity contribution in [3.63, 3.8) is 0 Å². The van der Waals surface area contributed by atoms with Crippen LogP contribution in [0.15, 0.2) is 35.7 Å². The molecule has 0 aliphatic heterocycles. The monoisotopic (exact) mass is 314 g/mol. The normalized spacial score (nSPS) is 11.5. The van der Waals surface area contributed by atoms with Crippen LogP contribution in [0.5, 0.6) is 0 Å². The van der Waals surface area contributed by atoms with E-state index in [1.807, 2.05) is 35.8 Å². The number of H-pyrrole nitrogens is 1. The molecule has 3 aromatic rings. The first-order valence-electron chi connectivity index (χ1n) is 7.20. The summed E-state index contributed by atoms with van der Waals surface area (Å²) in [6.07, 6.45) is 1.70. The fraction of sp³-hybridized carbons (Fsp3) is 0.312. The number of fused-ring (bicyclic) bond motifs is 1. The van der Waals surface area contributed by atoms with Crippen LogP contribution in [-0.4, -0.2) is 31.3 Å². The Hall–Kier alpha value is -2.08. The van der Waals surface area contributed by atoms with E-state index in [1.54, 1.807) is 6.33 Å². The maximum atomic E-state index is 12.6. The lowest BCUT2D eigenvalue weighted by atomic mass is 10.1. The molecule has 1 N–H and O–H groups in total. The number of aryl methyl sites for hydroxylation is 1. The van der Waals surface area contributed by atoms with E-state index in [9.17, 15) is 4.79 Å². The molecule has 0 unspecified atom stereocenters. The van der Waals surface area contributed by atoms with Crippen molar-refractivity contribution >= 4 is 28.4 Å². The van der Waals surface area contributed by atoms with Gasteiger partial charge in [0, 0.05) is 28.2 Å². The molecule has 0 saturated carbocycles. The average Bonchev–Trinajstić information content (AvgIpc) is 3.07. The molecule has 114 valence electrons. The van der Waals surface area contributed by atoms with Crippen LogP contribution < -0.4 is 0 Å².